The molecule has 0 saturated heterocycles. The Hall–Kier alpha value is -1.22. The van der Waals surface area contributed by atoms with Gasteiger partial charge in [0, 0.05) is 5.69 Å². The van der Waals surface area contributed by atoms with E-state index >= 15 is 0 Å². The van der Waals surface area contributed by atoms with E-state index in [1.165, 1.54) is 24.8 Å². The number of anilines is 1. The molecule has 1 saturated carbocycles. The van der Waals surface area contributed by atoms with Crippen molar-refractivity contribution in [1.29, 1.82) is 0 Å². The molecule has 1 aliphatic heterocycles. The molecule has 1 spiro atoms. The Balaban J connectivity index is 1.78. The van der Waals surface area contributed by atoms with Gasteiger partial charge in [0.15, 0.2) is 0 Å². The van der Waals surface area contributed by atoms with Gasteiger partial charge in [-0.15, -0.1) is 11.6 Å². The van der Waals surface area contributed by atoms with Crippen molar-refractivity contribution in [3.63, 3.8) is 0 Å². The first-order valence-electron chi connectivity index (χ1n) is 6.39. The summed E-state index contributed by atoms with van der Waals surface area (Å²) < 4.78 is 6.10. The van der Waals surface area contributed by atoms with Crippen LogP contribution in [0, 0.1) is 0 Å². The maximum atomic E-state index is 11.2. The standard InChI is InChI=1S/C14H16ClNO2/c15-9-13(17)16-11-2-3-12-10(8-11)4-7-14(18-12)5-1-6-14/h2-3,8H,1,4-7,9H2,(H,16,17). The van der Waals surface area contributed by atoms with Crippen LogP contribution >= 0.6 is 11.6 Å². The second-order valence-corrected chi connectivity index (χ2v) is 5.41. The molecule has 18 heavy (non-hydrogen) atoms. The van der Waals surface area contributed by atoms with Gasteiger partial charge < -0.3 is 10.1 Å². The van der Waals surface area contributed by atoms with E-state index in [1.807, 2.05) is 18.2 Å². The first-order chi connectivity index (χ1) is 8.71. The molecular formula is C14H16ClNO2. The molecule has 3 rings (SSSR count). The zero-order chi connectivity index (χ0) is 12.6. The molecule has 0 atom stereocenters. The van der Waals surface area contributed by atoms with Gasteiger partial charge in [-0.05, 0) is 55.9 Å². The summed E-state index contributed by atoms with van der Waals surface area (Å²) in [6.45, 7) is 0. The van der Waals surface area contributed by atoms with E-state index in [9.17, 15) is 4.79 Å². The molecule has 1 heterocycles. The van der Waals surface area contributed by atoms with Gasteiger partial charge in [0.25, 0.3) is 0 Å². The zero-order valence-electron chi connectivity index (χ0n) is 10.2. The van der Waals surface area contributed by atoms with Gasteiger partial charge in [0.2, 0.25) is 5.91 Å². The summed E-state index contributed by atoms with van der Waals surface area (Å²) in [6.07, 6.45) is 5.75. The van der Waals surface area contributed by atoms with E-state index < -0.39 is 0 Å². The Labute approximate surface area is 111 Å². The van der Waals surface area contributed by atoms with Crippen molar-refractivity contribution < 1.29 is 9.53 Å². The molecule has 0 radical (unpaired) electrons. The number of amides is 1. The molecule has 1 N–H and O–H groups in total. The fraction of sp³-hybridized carbons (Fsp3) is 0.500. The molecule has 1 amide bonds. The molecule has 1 aliphatic carbocycles. The lowest BCUT2D eigenvalue weighted by Crippen LogP contribution is -2.45. The normalized spacial score (nSPS) is 19.6. The van der Waals surface area contributed by atoms with Crippen LogP contribution in [0.1, 0.15) is 31.2 Å². The third-order valence-electron chi connectivity index (χ3n) is 3.91. The Morgan fingerprint density at radius 3 is 2.89 bits per heavy atom. The first-order valence-corrected chi connectivity index (χ1v) is 6.92. The van der Waals surface area contributed by atoms with Gasteiger partial charge in [0.05, 0.1) is 0 Å². The van der Waals surface area contributed by atoms with Crippen molar-refractivity contribution in [3.05, 3.63) is 23.8 Å². The highest BCUT2D eigenvalue weighted by Crippen LogP contribution is 2.45. The summed E-state index contributed by atoms with van der Waals surface area (Å²) in [7, 11) is 0. The first kappa shape index (κ1) is 11.8. The molecule has 1 fully saturated rings. The number of nitrogens with one attached hydrogen (secondary N) is 1. The minimum absolute atomic E-state index is 0.0172. The predicted octanol–water partition coefficient (Wildman–Crippen LogP) is 3.11. The van der Waals surface area contributed by atoms with Crippen LogP contribution < -0.4 is 10.1 Å². The average Bonchev–Trinajstić information content (AvgIpc) is 2.36. The second-order valence-electron chi connectivity index (χ2n) is 5.14. The number of benzene rings is 1. The van der Waals surface area contributed by atoms with Crippen LogP contribution in [0.2, 0.25) is 0 Å². The van der Waals surface area contributed by atoms with Gasteiger partial charge >= 0.3 is 0 Å². The highest BCUT2D eigenvalue weighted by Gasteiger charge is 2.41. The van der Waals surface area contributed by atoms with Crippen LogP contribution in [-0.4, -0.2) is 17.4 Å². The molecule has 4 heteroatoms. The van der Waals surface area contributed by atoms with Gasteiger partial charge in [-0.1, -0.05) is 0 Å². The lowest BCUT2D eigenvalue weighted by Gasteiger charge is -2.45. The topological polar surface area (TPSA) is 38.3 Å². The van der Waals surface area contributed by atoms with Crippen LogP contribution in [-0.2, 0) is 11.2 Å². The zero-order valence-corrected chi connectivity index (χ0v) is 10.9. The summed E-state index contributed by atoms with van der Waals surface area (Å²) in [4.78, 5) is 11.2. The van der Waals surface area contributed by atoms with E-state index in [0.717, 1.165) is 24.3 Å². The van der Waals surface area contributed by atoms with Crippen molar-refractivity contribution >= 4 is 23.2 Å². The highest BCUT2D eigenvalue weighted by atomic mass is 35.5. The van der Waals surface area contributed by atoms with E-state index in [2.05, 4.69) is 5.32 Å². The quantitative estimate of drug-likeness (QED) is 0.835. The van der Waals surface area contributed by atoms with Crippen LogP contribution in [0.3, 0.4) is 0 Å². The molecule has 0 aromatic heterocycles. The lowest BCUT2D eigenvalue weighted by atomic mass is 9.74. The van der Waals surface area contributed by atoms with Gasteiger partial charge in [-0.3, -0.25) is 4.79 Å². The van der Waals surface area contributed by atoms with Gasteiger partial charge in [-0.25, -0.2) is 0 Å². The van der Waals surface area contributed by atoms with Crippen LogP contribution in [0.25, 0.3) is 0 Å². The van der Waals surface area contributed by atoms with Gasteiger partial charge in [0.1, 0.15) is 17.2 Å². The Morgan fingerprint density at radius 1 is 1.39 bits per heavy atom. The van der Waals surface area contributed by atoms with Crippen molar-refractivity contribution in [1.82, 2.24) is 0 Å². The maximum absolute atomic E-state index is 11.2. The molecular weight excluding hydrogens is 250 g/mol. The summed E-state index contributed by atoms with van der Waals surface area (Å²) in [5.41, 5.74) is 2.10. The van der Waals surface area contributed by atoms with Crippen LogP contribution in [0.5, 0.6) is 5.75 Å². The van der Waals surface area contributed by atoms with Gasteiger partial charge in [-0.2, -0.15) is 0 Å². The maximum Gasteiger partial charge on any atom is 0.239 e. The smallest absolute Gasteiger partial charge is 0.239 e. The van der Waals surface area contributed by atoms with E-state index in [4.69, 9.17) is 16.3 Å². The van der Waals surface area contributed by atoms with Crippen molar-refractivity contribution in [2.45, 2.75) is 37.7 Å². The lowest BCUT2D eigenvalue weighted by molar-refractivity contribution is -0.113. The molecule has 1 aromatic carbocycles. The number of fused-ring (bicyclic) bond motifs is 1. The molecule has 0 bridgehead atoms. The van der Waals surface area contributed by atoms with E-state index in [-0.39, 0.29) is 17.4 Å². The fourth-order valence-electron chi connectivity index (χ4n) is 2.72. The number of aryl methyl sites for hydroxylation is 1. The number of carbonyl (C=O) groups is 1. The number of alkyl halides is 1. The Kier molecular flexibility index (Phi) is 2.94. The molecule has 96 valence electrons. The SMILES string of the molecule is O=C(CCl)Nc1ccc2c(c1)CCC1(CCC1)O2. The number of ether oxygens (including phenoxy) is 1. The fourth-order valence-corrected chi connectivity index (χ4v) is 2.78. The molecule has 1 aromatic rings. The number of rotatable bonds is 2. The summed E-state index contributed by atoms with van der Waals surface area (Å²) in [5.74, 6) is 0.782. The highest BCUT2D eigenvalue weighted by molar-refractivity contribution is 6.29. The summed E-state index contributed by atoms with van der Waals surface area (Å²) >= 11 is 5.47. The number of hydrogen-bond acceptors (Lipinski definition) is 2. The number of halogens is 1. The minimum atomic E-state index is -0.177. The van der Waals surface area contributed by atoms with Crippen molar-refractivity contribution in [2.75, 3.05) is 11.2 Å². The third-order valence-corrected chi connectivity index (χ3v) is 4.15. The van der Waals surface area contributed by atoms with Crippen molar-refractivity contribution in [2.24, 2.45) is 0 Å². The van der Waals surface area contributed by atoms with Crippen LogP contribution in [0.15, 0.2) is 18.2 Å². The average molecular weight is 266 g/mol. The Bertz CT molecular complexity index is 483. The molecule has 2 aliphatic rings. The molecule has 3 nitrogen and oxygen atoms in total. The van der Waals surface area contributed by atoms with Crippen LogP contribution in [0.4, 0.5) is 5.69 Å². The third kappa shape index (κ3) is 2.07. The predicted molar refractivity (Wildman–Crippen MR) is 71.3 cm³/mol. The largest absolute Gasteiger partial charge is 0.487 e. The monoisotopic (exact) mass is 265 g/mol. The van der Waals surface area contributed by atoms with E-state index in [0.29, 0.717) is 0 Å². The van der Waals surface area contributed by atoms with E-state index in [1.54, 1.807) is 0 Å². The number of hydrogen-bond donors (Lipinski definition) is 1. The van der Waals surface area contributed by atoms with Crippen molar-refractivity contribution in [3.8, 4) is 5.75 Å². The number of carbonyl (C=O) groups excluding carboxylic acids is 1. The summed E-state index contributed by atoms with van der Waals surface area (Å²) in [6, 6.07) is 5.82. The Morgan fingerprint density at radius 2 is 2.22 bits per heavy atom. The summed E-state index contributed by atoms with van der Waals surface area (Å²) in [5, 5.41) is 2.76. The molecule has 0 unspecified atom stereocenters. The second kappa shape index (κ2) is 4.47. The minimum Gasteiger partial charge on any atom is -0.487 e.